The average Bonchev–Trinajstić information content (AvgIpc) is 3.09. The quantitative estimate of drug-likeness (QED) is 0.874. The van der Waals surface area contributed by atoms with Crippen LogP contribution in [0, 0.1) is 5.92 Å². The highest BCUT2D eigenvalue weighted by Gasteiger charge is 2.25. The zero-order valence-corrected chi connectivity index (χ0v) is 11.1. The predicted octanol–water partition coefficient (Wildman–Crippen LogP) is 2.15. The highest BCUT2D eigenvalue weighted by Crippen LogP contribution is 2.37. The second kappa shape index (κ2) is 4.78. The fourth-order valence-electron chi connectivity index (χ4n) is 2.07. The summed E-state index contributed by atoms with van der Waals surface area (Å²) < 4.78 is 23.0. The van der Waals surface area contributed by atoms with Crippen LogP contribution in [0.4, 0.5) is 0 Å². The molecule has 1 aromatic carbocycles. The van der Waals surface area contributed by atoms with Gasteiger partial charge < -0.3 is 5.32 Å². The van der Waals surface area contributed by atoms with Gasteiger partial charge in [0.25, 0.3) is 0 Å². The first-order valence-electron chi connectivity index (χ1n) is 5.98. The number of hydrogen-bond donors (Lipinski definition) is 1. The number of sulfone groups is 1. The fourth-order valence-corrected chi connectivity index (χ4v) is 2.75. The molecular formula is C13H19NO2S. The normalized spacial score (nSPS) is 18.0. The maximum absolute atomic E-state index is 11.5. The van der Waals surface area contributed by atoms with Gasteiger partial charge in [-0.2, -0.15) is 0 Å². The molecule has 0 bridgehead atoms. The molecule has 1 aliphatic rings. The molecule has 0 spiro atoms. The van der Waals surface area contributed by atoms with Gasteiger partial charge >= 0.3 is 0 Å². The molecule has 4 heteroatoms. The lowest BCUT2D eigenvalue weighted by Gasteiger charge is -2.16. The summed E-state index contributed by atoms with van der Waals surface area (Å²) in [6.07, 6.45) is 4.97. The van der Waals surface area contributed by atoms with E-state index in [0.717, 1.165) is 17.9 Å². The van der Waals surface area contributed by atoms with Crippen molar-refractivity contribution in [1.29, 1.82) is 0 Å². The molecule has 2 rings (SSSR count). The van der Waals surface area contributed by atoms with Crippen LogP contribution in [-0.4, -0.2) is 21.7 Å². The molecule has 0 aliphatic heterocycles. The first-order chi connectivity index (χ1) is 8.00. The third-order valence-electron chi connectivity index (χ3n) is 3.30. The van der Waals surface area contributed by atoms with Crippen LogP contribution in [-0.2, 0) is 9.84 Å². The molecule has 1 N–H and O–H groups in total. The molecule has 1 unspecified atom stereocenters. The van der Waals surface area contributed by atoms with E-state index in [4.69, 9.17) is 0 Å². The van der Waals surface area contributed by atoms with Gasteiger partial charge in [0.1, 0.15) is 0 Å². The largest absolute Gasteiger partial charge is 0.313 e. The van der Waals surface area contributed by atoms with E-state index in [9.17, 15) is 8.42 Å². The Morgan fingerprint density at radius 3 is 2.65 bits per heavy atom. The molecule has 3 nitrogen and oxygen atoms in total. The summed E-state index contributed by atoms with van der Waals surface area (Å²) in [5.74, 6) is 0.814. The Morgan fingerprint density at radius 2 is 2.12 bits per heavy atom. The lowest BCUT2D eigenvalue weighted by atomic mass is 10.0. The molecule has 1 aromatic rings. The van der Waals surface area contributed by atoms with E-state index in [0.29, 0.717) is 4.90 Å². The van der Waals surface area contributed by atoms with Crippen molar-refractivity contribution in [2.24, 2.45) is 5.92 Å². The van der Waals surface area contributed by atoms with Gasteiger partial charge in [0, 0.05) is 12.3 Å². The SMILES string of the molecule is CNC(CC1CC1)c1cccc(S(C)(=O)=O)c1. The van der Waals surface area contributed by atoms with Crippen molar-refractivity contribution >= 4 is 9.84 Å². The van der Waals surface area contributed by atoms with E-state index >= 15 is 0 Å². The number of nitrogens with one attached hydrogen (secondary N) is 1. The molecule has 1 atom stereocenters. The van der Waals surface area contributed by atoms with Gasteiger partial charge in [0.05, 0.1) is 4.90 Å². The molecule has 1 fully saturated rings. The Balaban J connectivity index is 2.24. The molecule has 0 amide bonds. The minimum absolute atomic E-state index is 0.268. The fraction of sp³-hybridized carbons (Fsp3) is 0.538. The molecule has 94 valence electrons. The van der Waals surface area contributed by atoms with Crippen molar-refractivity contribution in [3.63, 3.8) is 0 Å². The monoisotopic (exact) mass is 253 g/mol. The summed E-state index contributed by atoms with van der Waals surface area (Å²) in [4.78, 5) is 0.408. The highest BCUT2D eigenvalue weighted by molar-refractivity contribution is 7.90. The highest BCUT2D eigenvalue weighted by atomic mass is 32.2. The third kappa shape index (κ3) is 3.30. The van der Waals surface area contributed by atoms with Gasteiger partial charge in [-0.25, -0.2) is 8.42 Å². The minimum Gasteiger partial charge on any atom is -0.313 e. The van der Waals surface area contributed by atoms with Gasteiger partial charge in [-0.05, 0) is 37.1 Å². The Hall–Kier alpha value is -0.870. The van der Waals surface area contributed by atoms with Crippen molar-refractivity contribution in [2.45, 2.75) is 30.2 Å². The minimum atomic E-state index is -3.11. The Morgan fingerprint density at radius 1 is 1.41 bits per heavy atom. The number of benzene rings is 1. The standard InChI is InChI=1S/C13H19NO2S/c1-14-13(8-10-6-7-10)11-4-3-5-12(9-11)17(2,15)16/h3-5,9-10,13-14H,6-8H2,1-2H3. The van der Waals surface area contributed by atoms with Crippen LogP contribution < -0.4 is 5.32 Å². The first-order valence-corrected chi connectivity index (χ1v) is 7.87. The summed E-state index contributed by atoms with van der Waals surface area (Å²) in [7, 11) is -1.18. The van der Waals surface area contributed by atoms with Crippen molar-refractivity contribution in [1.82, 2.24) is 5.32 Å². The maximum atomic E-state index is 11.5. The van der Waals surface area contributed by atoms with Crippen LogP contribution in [0.25, 0.3) is 0 Å². The van der Waals surface area contributed by atoms with Gasteiger partial charge in [-0.15, -0.1) is 0 Å². The number of hydrogen-bond acceptors (Lipinski definition) is 3. The van der Waals surface area contributed by atoms with Crippen molar-refractivity contribution in [3.05, 3.63) is 29.8 Å². The van der Waals surface area contributed by atoms with Crippen LogP contribution in [0.3, 0.4) is 0 Å². The van der Waals surface area contributed by atoms with Crippen LogP contribution in [0.15, 0.2) is 29.2 Å². The topological polar surface area (TPSA) is 46.2 Å². The summed E-state index contributed by atoms with van der Waals surface area (Å²) in [6.45, 7) is 0. The molecule has 0 radical (unpaired) electrons. The van der Waals surface area contributed by atoms with E-state index in [-0.39, 0.29) is 6.04 Å². The van der Waals surface area contributed by atoms with Crippen molar-refractivity contribution in [3.8, 4) is 0 Å². The van der Waals surface area contributed by atoms with Crippen molar-refractivity contribution in [2.75, 3.05) is 13.3 Å². The van der Waals surface area contributed by atoms with Crippen LogP contribution in [0.1, 0.15) is 30.9 Å². The molecule has 1 aliphatic carbocycles. The summed E-state index contributed by atoms with van der Waals surface area (Å²) >= 11 is 0. The first kappa shape index (κ1) is 12.6. The molecular weight excluding hydrogens is 234 g/mol. The van der Waals surface area contributed by atoms with E-state index in [1.807, 2.05) is 19.2 Å². The molecule has 17 heavy (non-hydrogen) atoms. The van der Waals surface area contributed by atoms with E-state index in [1.165, 1.54) is 19.1 Å². The summed E-state index contributed by atoms with van der Waals surface area (Å²) in [6, 6.07) is 7.53. The van der Waals surface area contributed by atoms with Gasteiger partial charge in [0.2, 0.25) is 0 Å². The smallest absolute Gasteiger partial charge is 0.175 e. The Kier molecular flexibility index (Phi) is 3.54. The molecule has 0 aromatic heterocycles. The van der Waals surface area contributed by atoms with Crippen LogP contribution in [0.5, 0.6) is 0 Å². The Labute approximate surface area is 103 Å². The zero-order chi connectivity index (χ0) is 12.5. The lowest BCUT2D eigenvalue weighted by molar-refractivity contribution is 0.513. The summed E-state index contributed by atoms with van der Waals surface area (Å²) in [5.41, 5.74) is 1.07. The Bertz CT molecular complexity index is 492. The predicted molar refractivity (Wildman–Crippen MR) is 68.7 cm³/mol. The number of rotatable bonds is 5. The van der Waals surface area contributed by atoms with Crippen LogP contribution >= 0.6 is 0 Å². The summed E-state index contributed by atoms with van der Waals surface area (Å²) in [5, 5.41) is 3.27. The van der Waals surface area contributed by atoms with Gasteiger partial charge in [-0.3, -0.25) is 0 Å². The molecule has 0 saturated heterocycles. The van der Waals surface area contributed by atoms with Crippen molar-refractivity contribution < 1.29 is 8.42 Å². The second-order valence-electron chi connectivity index (χ2n) is 4.86. The lowest BCUT2D eigenvalue weighted by Crippen LogP contribution is -2.17. The maximum Gasteiger partial charge on any atom is 0.175 e. The van der Waals surface area contributed by atoms with Gasteiger partial charge in [-0.1, -0.05) is 25.0 Å². The van der Waals surface area contributed by atoms with Crippen LogP contribution in [0.2, 0.25) is 0 Å². The molecule has 0 heterocycles. The van der Waals surface area contributed by atoms with E-state index in [2.05, 4.69) is 5.32 Å². The third-order valence-corrected chi connectivity index (χ3v) is 4.41. The zero-order valence-electron chi connectivity index (χ0n) is 10.3. The van der Waals surface area contributed by atoms with E-state index in [1.54, 1.807) is 12.1 Å². The second-order valence-corrected chi connectivity index (χ2v) is 6.88. The molecule has 1 saturated carbocycles. The van der Waals surface area contributed by atoms with E-state index < -0.39 is 9.84 Å². The van der Waals surface area contributed by atoms with Gasteiger partial charge in [0.15, 0.2) is 9.84 Å². The average molecular weight is 253 g/mol.